The molecule has 2 unspecified atom stereocenters. The molecule has 1 aromatic carbocycles. The van der Waals surface area contributed by atoms with Gasteiger partial charge in [0.25, 0.3) is 0 Å². The molecule has 1 N–H and O–H groups in total. The minimum atomic E-state index is -1.01. The van der Waals surface area contributed by atoms with Gasteiger partial charge in [0, 0.05) is 23.9 Å². The van der Waals surface area contributed by atoms with Gasteiger partial charge in [0.1, 0.15) is 17.1 Å². The summed E-state index contributed by atoms with van der Waals surface area (Å²) in [6.45, 7) is 10.7. The molecule has 3 aromatic rings. The first kappa shape index (κ1) is 23.3. The SMILES string of the molecule is CCCc1c(C2CC2c2occc2C)oc2ccc(C(=O)O)c(CCN(CC)CC)c2c1=O. The molecular formula is C27H33NO5. The molecule has 0 radical (unpaired) electrons. The molecule has 33 heavy (non-hydrogen) atoms. The zero-order chi connectivity index (χ0) is 23.7. The number of fused-ring (bicyclic) bond motifs is 1. The van der Waals surface area contributed by atoms with E-state index < -0.39 is 5.97 Å². The van der Waals surface area contributed by atoms with E-state index in [4.69, 9.17) is 8.83 Å². The van der Waals surface area contributed by atoms with Crippen molar-refractivity contribution in [2.45, 2.75) is 65.2 Å². The van der Waals surface area contributed by atoms with Gasteiger partial charge in [-0.05, 0) is 68.6 Å². The lowest BCUT2D eigenvalue weighted by Gasteiger charge is -2.19. The number of carboxylic acid groups (broad SMARTS) is 1. The Morgan fingerprint density at radius 1 is 1.06 bits per heavy atom. The van der Waals surface area contributed by atoms with Crippen molar-refractivity contribution < 1.29 is 18.7 Å². The smallest absolute Gasteiger partial charge is 0.335 e. The molecule has 1 aliphatic carbocycles. The summed E-state index contributed by atoms with van der Waals surface area (Å²) in [7, 11) is 0. The highest BCUT2D eigenvalue weighted by Crippen LogP contribution is 2.56. The van der Waals surface area contributed by atoms with Crippen LogP contribution in [0.1, 0.15) is 84.0 Å². The maximum absolute atomic E-state index is 13.8. The minimum absolute atomic E-state index is 0.0763. The van der Waals surface area contributed by atoms with Crippen molar-refractivity contribution in [3.8, 4) is 0 Å². The van der Waals surface area contributed by atoms with Crippen molar-refractivity contribution in [2.75, 3.05) is 19.6 Å². The van der Waals surface area contributed by atoms with E-state index in [1.165, 1.54) is 0 Å². The van der Waals surface area contributed by atoms with Gasteiger partial charge in [-0.2, -0.15) is 0 Å². The first-order valence-corrected chi connectivity index (χ1v) is 12.0. The van der Waals surface area contributed by atoms with E-state index in [0.29, 0.717) is 41.5 Å². The molecule has 2 atom stereocenters. The number of nitrogens with zero attached hydrogens (tertiary/aromatic N) is 1. The van der Waals surface area contributed by atoms with Crippen LogP contribution in [0.2, 0.25) is 0 Å². The van der Waals surface area contributed by atoms with Crippen LogP contribution >= 0.6 is 0 Å². The second kappa shape index (κ2) is 9.56. The number of carboxylic acids is 1. The first-order chi connectivity index (χ1) is 15.9. The molecule has 2 heterocycles. The number of rotatable bonds is 10. The lowest BCUT2D eigenvalue weighted by atomic mass is 9.95. The number of aryl methyl sites for hydroxylation is 1. The fourth-order valence-corrected chi connectivity index (χ4v) is 5.00. The first-order valence-electron chi connectivity index (χ1n) is 12.0. The lowest BCUT2D eigenvalue weighted by Crippen LogP contribution is -2.26. The number of likely N-dealkylation sites (N-methyl/N-ethyl adjacent to an activating group) is 1. The van der Waals surface area contributed by atoms with Crippen LogP contribution in [0.3, 0.4) is 0 Å². The maximum Gasteiger partial charge on any atom is 0.335 e. The highest BCUT2D eigenvalue weighted by Gasteiger charge is 2.46. The molecule has 4 rings (SSSR count). The lowest BCUT2D eigenvalue weighted by molar-refractivity contribution is 0.0695. The van der Waals surface area contributed by atoms with Crippen LogP contribution in [0, 0.1) is 6.92 Å². The topological polar surface area (TPSA) is 83.9 Å². The summed E-state index contributed by atoms with van der Waals surface area (Å²) in [6, 6.07) is 5.19. The van der Waals surface area contributed by atoms with Crippen molar-refractivity contribution in [3.05, 3.63) is 68.5 Å². The Kier molecular flexibility index (Phi) is 6.75. The van der Waals surface area contributed by atoms with Crippen molar-refractivity contribution in [3.63, 3.8) is 0 Å². The quantitative estimate of drug-likeness (QED) is 0.438. The Bertz CT molecular complexity index is 1220. The Morgan fingerprint density at radius 2 is 1.79 bits per heavy atom. The van der Waals surface area contributed by atoms with Crippen LogP contribution in [0.25, 0.3) is 11.0 Å². The van der Waals surface area contributed by atoms with Crippen LogP contribution in [0.5, 0.6) is 0 Å². The maximum atomic E-state index is 13.8. The molecule has 0 amide bonds. The number of hydrogen-bond acceptors (Lipinski definition) is 5. The number of carbonyl (C=O) groups is 1. The fraction of sp³-hybridized carbons (Fsp3) is 0.481. The summed E-state index contributed by atoms with van der Waals surface area (Å²) in [5, 5.41) is 10.3. The number of furan rings is 1. The summed E-state index contributed by atoms with van der Waals surface area (Å²) in [6.07, 6.45) is 4.52. The zero-order valence-electron chi connectivity index (χ0n) is 19.9. The average molecular weight is 452 g/mol. The van der Waals surface area contributed by atoms with Crippen LogP contribution in [-0.2, 0) is 12.8 Å². The van der Waals surface area contributed by atoms with Crippen LogP contribution in [0.15, 0.2) is 38.1 Å². The second-order valence-electron chi connectivity index (χ2n) is 8.99. The molecule has 2 aromatic heterocycles. The monoisotopic (exact) mass is 451 g/mol. The fourth-order valence-electron chi connectivity index (χ4n) is 5.00. The Hall–Kier alpha value is -2.86. The summed E-state index contributed by atoms with van der Waals surface area (Å²) in [4.78, 5) is 28.1. The van der Waals surface area contributed by atoms with E-state index in [9.17, 15) is 14.7 Å². The van der Waals surface area contributed by atoms with Gasteiger partial charge in [0.2, 0.25) is 0 Å². The van der Waals surface area contributed by atoms with Gasteiger partial charge in [-0.15, -0.1) is 0 Å². The predicted octanol–water partition coefficient (Wildman–Crippen LogP) is 5.50. The van der Waals surface area contributed by atoms with Gasteiger partial charge < -0.3 is 18.8 Å². The van der Waals surface area contributed by atoms with Crippen LogP contribution in [0.4, 0.5) is 0 Å². The number of hydrogen-bond donors (Lipinski definition) is 1. The van der Waals surface area contributed by atoms with E-state index in [-0.39, 0.29) is 22.8 Å². The van der Waals surface area contributed by atoms with Crippen molar-refractivity contribution in [2.24, 2.45) is 0 Å². The summed E-state index contributed by atoms with van der Waals surface area (Å²) in [5.41, 5.74) is 2.98. The molecule has 1 saturated carbocycles. The third-order valence-electron chi connectivity index (χ3n) is 6.96. The van der Waals surface area contributed by atoms with Crippen molar-refractivity contribution in [1.29, 1.82) is 0 Å². The summed E-state index contributed by atoms with van der Waals surface area (Å²) >= 11 is 0. The molecule has 6 nitrogen and oxygen atoms in total. The van der Waals surface area contributed by atoms with E-state index in [1.807, 2.05) is 19.9 Å². The number of aromatic carboxylic acids is 1. The van der Waals surface area contributed by atoms with E-state index in [1.54, 1.807) is 18.4 Å². The van der Waals surface area contributed by atoms with Gasteiger partial charge in [-0.1, -0.05) is 27.2 Å². The third kappa shape index (κ3) is 4.36. The standard InChI is InChI=1S/C27H33NO5/c1-5-8-19-24(29)23-17(11-13-28(6-2)7-3)18(27(30)31)9-10-22(23)33-26(19)21-15-20(21)25-16(4)12-14-32-25/h9-10,12,14,20-21H,5-8,11,13,15H2,1-4H3,(H,30,31). The molecule has 1 fully saturated rings. The van der Waals surface area contributed by atoms with Gasteiger partial charge in [0.15, 0.2) is 5.43 Å². The van der Waals surface area contributed by atoms with E-state index in [0.717, 1.165) is 43.0 Å². The molecule has 176 valence electrons. The highest BCUT2D eigenvalue weighted by atomic mass is 16.4. The Morgan fingerprint density at radius 3 is 2.39 bits per heavy atom. The zero-order valence-corrected chi connectivity index (χ0v) is 19.9. The van der Waals surface area contributed by atoms with E-state index >= 15 is 0 Å². The molecule has 0 spiro atoms. The molecule has 0 saturated heterocycles. The largest absolute Gasteiger partial charge is 0.478 e. The van der Waals surface area contributed by atoms with Crippen molar-refractivity contribution >= 4 is 16.9 Å². The summed E-state index contributed by atoms with van der Waals surface area (Å²) in [5.74, 6) is 1.03. The average Bonchev–Trinajstić information content (AvgIpc) is 3.47. The molecule has 6 heteroatoms. The van der Waals surface area contributed by atoms with E-state index in [2.05, 4.69) is 18.7 Å². The van der Waals surface area contributed by atoms with Crippen LogP contribution in [-0.4, -0.2) is 35.6 Å². The Balaban J connectivity index is 1.84. The molecular weight excluding hydrogens is 418 g/mol. The Labute approximate surface area is 194 Å². The van der Waals surface area contributed by atoms with Gasteiger partial charge >= 0.3 is 5.97 Å². The van der Waals surface area contributed by atoms with Crippen molar-refractivity contribution in [1.82, 2.24) is 4.90 Å². The third-order valence-corrected chi connectivity index (χ3v) is 6.96. The molecule has 1 aliphatic rings. The highest BCUT2D eigenvalue weighted by molar-refractivity contribution is 5.96. The number of benzene rings is 1. The van der Waals surface area contributed by atoms with Gasteiger partial charge in [0.05, 0.1) is 17.2 Å². The van der Waals surface area contributed by atoms with Gasteiger partial charge in [-0.3, -0.25) is 4.79 Å². The van der Waals surface area contributed by atoms with Gasteiger partial charge in [-0.25, -0.2) is 4.79 Å². The second-order valence-corrected chi connectivity index (χ2v) is 8.99. The molecule has 0 aliphatic heterocycles. The predicted molar refractivity (Wildman–Crippen MR) is 128 cm³/mol. The molecule has 0 bridgehead atoms. The minimum Gasteiger partial charge on any atom is -0.478 e. The summed E-state index contributed by atoms with van der Waals surface area (Å²) < 4.78 is 12.1. The normalized spacial score (nSPS) is 17.7. The van der Waals surface area contributed by atoms with Crippen LogP contribution < -0.4 is 5.43 Å².